The van der Waals surface area contributed by atoms with Crippen LogP contribution in [0.15, 0.2) is 11.4 Å². The van der Waals surface area contributed by atoms with Gasteiger partial charge in [0.1, 0.15) is 5.01 Å². The molecule has 6 heteroatoms. The first-order valence-corrected chi connectivity index (χ1v) is 9.50. The second kappa shape index (κ2) is 6.33. The van der Waals surface area contributed by atoms with Gasteiger partial charge in [-0.2, -0.15) is 0 Å². The minimum atomic E-state index is 0.155. The van der Waals surface area contributed by atoms with Gasteiger partial charge in [-0.25, -0.2) is 4.98 Å². The summed E-state index contributed by atoms with van der Waals surface area (Å²) in [5.74, 6) is 0.155. The molecule has 0 aromatic carbocycles. The van der Waals surface area contributed by atoms with Crippen molar-refractivity contribution in [3.63, 3.8) is 0 Å². The maximum absolute atomic E-state index is 12.4. The topological polar surface area (TPSA) is 47.4 Å². The van der Waals surface area contributed by atoms with E-state index < -0.39 is 0 Å². The molecule has 24 heavy (non-hydrogen) atoms. The Balaban J connectivity index is 1.50. The second-order valence-corrected chi connectivity index (χ2v) is 7.63. The van der Waals surface area contributed by atoms with Crippen LogP contribution in [0.5, 0.6) is 0 Å². The lowest BCUT2D eigenvalue weighted by Gasteiger charge is -2.26. The number of aryl methyl sites for hydroxylation is 1. The number of rotatable bonds is 4. The van der Waals surface area contributed by atoms with Crippen molar-refractivity contribution >= 4 is 17.2 Å². The maximum atomic E-state index is 12.4. The van der Waals surface area contributed by atoms with Gasteiger partial charge in [-0.15, -0.1) is 11.3 Å². The van der Waals surface area contributed by atoms with Gasteiger partial charge in [0, 0.05) is 41.5 Å². The number of aromatic nitrogens is 2. The van der Waals surface area contributed by atoms with Crippen LogP contribution in [0.2, 0.25) is 0 Å². The smallest absolute Gasteiger partial charge is 0.229 e. The van der Waals surface area contributed by atoms with Crippen LogP contribution in [0.25, 0.3) is 11.3 Å². The zero-order valence-electron chi connectivity index (χ0n) is 14.2. The van der Waals surface area contributed by atoms with Crippen molar-refractivity contribution in [1.82, 2.24) is 14.5 Å². The van der Waals surface area contributed by atoms with E-state index in [9.17, 15) is 4.79 Å². The normalized spacial score (nSPS) is 18.2. The number of amides is 1. The van der Waals surface area contributed by atoms with Gasteiger partial charge in [0.2, 0.25) is 5.91 Å². The summed E-state index contributed by atoms with van der Waals surface area (Å²) < 4.78 is 7.74. The summed E-state index contributed by atoms with van der Waals surface area (Å²) in [6, 6.07) is 2.91. The lowest BCUT2D eigenvalue weighted by molar-refractivity contribution is -0.134. The molecule has 2 aromatic rings. The van der Waals surface area contributed by atoms with E-state index in [2.05, 4.69) is 29.9 Å². The second-order valence-electron chi connectivity index (χ2n) is 6.68. The van der Waals surface area contributed by atoms with Crippen molar-refractivity contribution in [1.29, 1.82) is 0 Å². The monoisotopic (exact) mass is 345 g/mol. The Kier molecular flexibility index (Phi) is 4.18. The van der Waals surface area contributed by atoms with E-state index >= 15 is 0 Å². The van der Waals surface area contributed by atoms with Gasteiger partial charge in [0.05, 0.1) is 25.3 Å². The van der Waals surface area contributed by atoms with Crippen LogP contribution in [-0.2, 0) is 16.0 Å². The van der Waals surface area contributed by atoms with Crippen LogP contribution in [0.1, 0.15) is 35.3 Å². The molecule has 0 unspecified atom stereocenters. The van der Waals surface area contributed by atoms with Crippen molar-refractivity contribution in [2.24, 2.45) is 0 Å². The highest BCUT2D eigenvalue weighted by molar-refractivity contribution is 7.10. The van der Waals surface area contributed by atoms with Crippen LogP contribution in [0.4, 0.5) is 0 Å². The maximum Gasteiger partial charge on any atom is 0.229 e. The predicted molar refractivity (Wildman–Crippen MR) is 94.4 cm³/mol. The van der Waals surface area contributed by atoms with Crippen LogP contribution < -0.4 is 0 Å². The Labute approximate surface area is 146 Å². The summed E-state index contributed by atoms with van der Waals surface area (Å²) in [4.78, 5) is 19.0. The Bertz CT molecular complexity index is 754. The van der Waals surface area contributed by atoms with Gasteiger partial charge in [-0.05, 0) is 32.8 Å². The summed E-state index contributed by atoms with van der Waals surface area (Å²) in [5, 5.41) is 2.98. The quantitative estimate of drug-likeness (QED) is 0.856. The molecule has 0 radical (unpaired) electrons. The summed E-state index contributed by atoms with van der Waals surface area (Å²) in [7, 11) is 0. The largest absolute Gasteiger partial charge is 0.378 e. The van der Waals surface area contributed by atoms with Crippen molar-refractivity contribution in [2.45, 2.75) is 39.2 Å². The Hall–Kier alpha value is -1.66. The molecule has 128 valence electrons. The third-order valence-corrected chi connectivity index (χ3v) is 5.74. The lowest BCUT2D eigenvalue weighted by atomic mass is 10.2. The first kappa shape index (κ1) is 15.8. The van der Waals surface area contributed by atoms with E-state index in [1.54, 1.807) is 11.3 Å². The van der Waals surface area contributed by atoms with Gasteiger partial charge in [0.25, 0.3) is 0 Å². The summed E-state index contributed by atoms with van der Waals surface area (Å²) in [6.07, 6.45) is 2.96. The Morgan fingerprint density at radius 2 is 2.08 bits per heavy atom. The molecule has 1 saturated heterocycles. The van der Waals surface area contributed by atoms with Gasteiger partial charge >= 0.3 is 0 Å². The zero-order valence-corrected chi connectivity index (χ0v) is 15.1. The highest BCUT2D eigenvalue weighted by Gasteiger charge is 2.27. The molecule has 3 heterocycles. The zero-order chi connectivity index (χ0) is 16.7. The molecule has 0 spiro atoms. The third kappa shape index (κ3) is 3.00. The number of carbonyl (C=O) groups is 1. The van der Waals surface area contributed by atoms with E-state index in [1.165, 1.54) is 29.8 Å². The number of hydrogen-bond donors (Lipinski definition) is 0. The molecule has 0 bridgehead atoms. The molecule has 4 rings (SSSR count). The molecule has 5 nitrogen and oxygen atoms in total. The Morgan fingerprint density at radius 1 is 1.33 bits per heavy atom. The van der Waals surface area contributed by atoms with Crippen LogP contribution >= 0.6 is 11.3 Å². The van der Waals surface area contributed by atoms with E-state index in [4.69, 9.17) is 9.72 Å². The summed E-state index contributed by atoms with van der Waals surface area (Å²) >= 11 is 1.59. The first-order chi connectivity index (χ1) is 11.6. The van der Waals surface area contributed by atoms with E-state index in [-0.39, 0.29) is 5.91 Å². The molecule has 1 aliphatic carbocycles. The highest BCUT2D eigenvalue weighted by atomic mass is 32.1. The number of ether oxygens (including phenoxy) is 1. The molecule has 0 atom stereocenters. The lowest BCUT2D eigenvalue weighted by Crippen LogP contribution is -2.41. The van der Waals surface area contributed by atoms with E-state index in [1.807, 2.05) is 4.90 Å². The highest BCUT2D eigenvalue weighted by Crippen LogP contribution is 2.40. The van der Waals surface area contributed by atoms with Gasteiger partial charge in [0.15, 0.2) is 0 Å². The molecule has 0 N–H and O–H groups in total. The third-order valence-electron chi connectivity index (χ3n) is 4.89. The fraction of sp³-hybridized carbons (Fsp3) is 0.556. The van der Waals surface area contributed by atoms with Gasteiger partial charge < -0.3 is 14.2 Å². The number of nitrogens with zero attached hydrogens (tertiary/aromatic N) is 3. The number of carbonyl (C=O) groups excluding carboxylic acids is 1. The average molecular weight is 345 g/mol. The molecular weight excluding hydrogens is 322 g/mol. The fourth-order valence-electron chi connectivity index (χ4n) is 3.50. The van der Waals surface area contributed by atoms with E-state index in [0.717, 1.165) is 10.7 Å². The summed E-state index contributed by atoms with van der Waals surface area (Å²) in [6.45, 7) is 7.02. The predicted octanol–water partition coefficient (Wildman–Crippen LogP) is 2.96. The standard InChI is InChI=1S/C18H23N3O2S/c1-12-9-15(13(2)21(12)14-3-4-14)16-11-24-17(19-16)10-18(22)20-5-7-23-8-6-20/h9,11,14H,3-8,10H2,1-2H3. The van der Waals surface area contributed by atoms with E-state index in [0.29, 0.717) is 38.8 Å². The minimum absolute atomic E-state index is 0.155. The van der Waals surface area contributed by atoms with Crippen molar-refractivity contribution in [3.8, 4) is 11.3 Å². The van der Waals surface area contributed by atoms with Crippen LogP contribution in [0, 0.1) is 13.8 Å². The van der Waals surface area contributed by atoms with Crippen LogP contribution in [-0.4, -0.2) is 46.7 Å². The van der Waals surface area contributed by atoms with Gasteiger partial charge in [-0.3, -0.25) is 4.79 Å². The number of hydrogen-bond acceptors (Lipinski definition) is 4. The summed E-state index contributed by atoms with van der Waals surface area (Å²) in [5.41, 5.74) is 4.82. The molecular formula is C18H23N3O2S. The van der Waals surface area contributed by atoms with Crippen molar-refractivity contribution in [2.75, 3.05) is 26.3 Å². The first-order valence-electron chi connectivity index (χ1n) is 8.62. The van der Waals surface area contributed by atoms with Gasteiger partial charge in [-0.1, -0.05) is 0 Å². The minimum Gasteiger partial charge on any atom is -0.378 e. The molecule has 2 aromatic heterocycles. The SMILES string of the molecule is Cc1cc(-c2csc(CC(=O)N3CCOCC3)n2)c(C)n1C1CC1. The molecule has 1 saturated carbocycles. The number of thiazole rings is 1. The number of morpholine rings is 1. The fourth-order valence-corrected chi connectivity index (χ4v) is 4.29. The average Bonchev–Trinajstić information content (AvgIpc) is 3.23. The molecule has 2 fully saturated rings. The molecule has 2 aliphatic rings. The Morgan fingerprint density at radius 3 is 2.79 bits per heavy atom. The van der Waals surface area contributed by atoms with Crippen molar-refractivity contribution < 1.29 is 9.53 Å². The molecule has 1 amide bonds. The van der Waals surface area contributed by atoms with Crippen LogP contribution in [0.3, 0.4) is 0 Å². The van der Waals surface area contributed by atoms with Crippen molar-refractivity contribution in [3.05, 3.63) is 27.8 Å². The molecule has 1 aliphatic heterocycles.